The molecule has 2 aromatic carbocycles. The molecule has 0 fully saturated rings. The lowest BCUT2D eigenvalue weighted by Crippen LogP contribution is -2.27. The molecule has 21 heavy (non-hydrogen) atoms. The lowest BCUT2D eigenvalue weighted by atomic mass is 10.1. The first-order valence-electron chi connectivity index (χ1n) is 6.38. The van der Waals surface area contributed by atoms with Gasteiger partial charge in [0.25, 0.3) is 0 Å². The van der Waals surface area contributed by atoms with Crippen LogP contribution >= 0.6 is 0 Å². The number of aliphatic imine (C=N–C) groups is 1. The molecule has 4 nitrogen and oxygen atoms in total. The van der Waals surface area contributed by atoms with E-state index in [1.807, 2.05) is 48.5 Å². The van der Waals surface area contributed by atoms with Crippen LogP contribution < -0.4 is 16.7 Å². The van der Waals surface area contributed by atoms with Gasteiger partial charge in [-0.15, -0.1) is 0 Å². The maximum absolute atomic E-state index is 11.4. The molecule has 0 aliphatic carbocycles. The van der Waals surface area contributed by atoms with Gasteiger partial charge < -0.3 is 4.98 Å². The van der Waals surface area contributed by atoms with E-state index in [0.29, 0.717) is 5.22 Å². The molecule has 0 unspecified atom stereocenters. The topological polar surface area (TPSA) is 75.7 Å². The van der Waals surface area contributed by atoms with Crippen molar-refractivity contribution in [3.05, 3.63) is 64.7 Å². The number of para-hydroxylation sites is 2. The average Bonchev–Trinajstić information content (AvgIpc) is 3.07. The normalized spacial score (nSPS) is 14.7. The Hall–Kier alpha value is -2.94. The van der Waals surface area contributed by atoms with E-state index in [2.05, 4.69) is 15.9 Å². The molecule has 1 aromatic heterocycles. The van der Waals surface area contributed by atoms with E-state index >= 15 is 0 Å². The fourth-order valence-electron chi connectivity index (χ4n) is 2.67. The van der Waals surface area contributed by atoms with Crippen molar-refractivity contribution >= 4 is 34.3 Å². The fraction of sp³-hybridized carbons (Fsp3) is 0. The molecule has 4 heteroatoms. The summed E-state index contributed by atoms with van der Waals surface area (Å²) in [7, 11) is 0. The van der Waals surface area contributed by atoms with Crippen LogP contribution in [0.5, 0.6) is 0 Å². The monoisotopic (exact) mass is 272 g/mol. The second-order valence-electron chi connectivity index (χ2n) is 4.71. The molecular formula is C17H10N3O. The number of nitrogens with zero attached hydrogens (tertiary/aromatic N) is 2. The summed E-state index contributed by atoms with van der Waals surface area (Å²) in [6.45, 7) is 0. The molecule has 3 radical (unpaired) electrons. The highest BCUT2D eigenvalue weighted by molar-refractivity contribution is 6.16. The molecular weight excluding hydrogens is 262 g/mol. The second-order valence-corrected chi connectivity index (χ2v) is 4.71. The van der Waals surface area contributed by atoms with Crippen LogP contribution in [-0.4, -0.2) is 17.1 Å². The molecule has 0 atom stereocenters. The molecule has 0 spiro atoms. The third kappa shape index (κ3) is 1.82. The highest BCUT2D eigenvalue weighted by Gasteiger charge is 2.14. The van der Waals surface area contributed by atoms with Gasteiger partial charge in [0, 0.05) is 34.4 Å². The van der Waals surface area contributed by atoms with Crippen molar-refractivity contribution in [2.75, 3.05) is 0 Å². The summed E-state index contributed by atoms with van der Waals surface area (Å²) in [5, 5.41) is 2.25. The van der Waals surface area contributed by atoms with Gasteiger partial charge in [0.2, 0.25) is 0 Å². The lowest BCUT2D eigenvalue weighted by molar-refractivity contribution is 0.567. The Balaban J connectivity index is 0.00000132. The summed E-state index contributed by atoms with van der Waals surface area (Å²) in [6, 6.07) is 15.6. The van der Waals surface area contributed by atoms with Crippen LogP contribution in [0.25, 0.3) is 16.5 Å². The number of aromatic amines is 1. The smallest absolute Gasteiger partial charge is 0.135 e. The third-order valence-electron chi connectivity index (χ3n) is 3.60. The van der Waals surface area contributed by atoms with Gasteiger partial charge in [-0.1, -0.05) is 36.4 Å². The van der Waals surface area contributed by atoms with Crippen LogP contribution in [0.15, 0.2) is 53.5 Å². The van der Waals surface area contributed by atoms with Gasteiger partial charge in [0.05, 0.1) is 16.3 Å². The Morgan fingerprint density at radius 3 is 2.62 bits per heavy atom. The zero-order valence-corrected chi connectivity index (χ0v) is 11.0. The van der Waals surface area contributed by atoms with Crippen LogP contribution in [0.1, 0.15) is 5.56 Å². The van der Waals surface area contributed by atoms with Crippen LogP contribution in [0.3, 0.4) is 0 Å². The first kappa shape index (κ1) is 13.1. The fourth-order valence-corrected chi connectivity index (χ4v) is 2.67. The van der Waals surface area contributed by atoms with Crippen molar-refractivity contribution in [1.82, 2.24) is 11.1 Å². The molecule has 0 bridgehead atoms. The lowest BCUT2D eigenvalue weighted by Gasteiger charge is -1.96. The average molecular weight is 272 g/mol. The van der Waals surface area contributed by atoms with Crippen molar-refractivity contribution in [1.29, 1.82) is 0 Å². The minimum absolute atomic E-state index is 0. The van der Waals surface area contributed by atoms with Crippen LogP contribution in [0, 0.1) is 0 Å². The van der Waals surface area contributed by atoms with Gasteiger partial charge in [-0.3, -0.25) is 4.99 Å². The van der Waals surface area contributed by atoms with Crippen molar-refractivity contribution in [2.24, 2.45) is 4.99 Å². The maximum Gasteiger partial charge on any atom is 0.135 e. The number of hydrogen-bond acceptors (Lipinski definition) is 2. The summed E-state index contributed by atoms with van der Waals surface area (Å²) < 4.78 is 0. The predicted octanol–water partition coefficient (Wildman–Crippen LogP) is 1.11. The van der Waals surface area contributed by atoms with Gasteiger partial charge >= 0.3 is 0 Å². The van der Waals surface area contributed by atoms with Crippen molar-refractivity contribution < 1.29 is 4.79 Å². The second kappa shape index (κ2) is 4.87. The first-order chi connectivity index (χ1) is 9.88. The van der Waals surface area contributed by atoms with E-state index < -0.39 is 0 Å². The molecule has 2 heterocycles. The molecule has 1 aliphatic rings. The first-order valence-corrected chi connectivity index (χ1v) is 6.38. The number of hydrogen-bond donors (Lipinski definition) is 1. The Morgan fingerprint density at radius 2 is 1.76 bits per heavy atom. The number of nitrogens with one attached hydrogen (secondary N) is 1. The summed E-state index contributed by atoms with van der Waals surface area (Å²) in [4.78, 5) is 19.1. The number of carbonyl (C=O) groups excluding carboxylic acids is 1. The van der Waals surface area contributed by atoms with Gasteiger partial charge in [-0.25, -0.2) is 4.79 Å². The summed E-state index contributed by atoms with van der Waals surface area (Å²) in [6.07, 6.45) is 1.80. The summed E-state index contributed by atoms with van der Waals surface area (Å²) in [5.41, 5.74) is 3.84. The molecule has 99 valence electrons. The minimum Gasteiger partial charge on any atom is -0.353 e. The quantitative estimate of drug-likeness (QED) is 0.654. The van der Waals surface area contributed by atoms with E-state index in [1.54, 1.807) is 6.21 Å². The predicted molar refractivity (Wildman–Crippen MR) is 81.6 cm³/mol. The Bertz CT molecular complexity index is 1010. The van der Waals surface area contributed by atoms with Crippen molar-refractivity contribution in [3.8, 4) is 0 Å². The molecule has 1 N–H and O–H groups in total. The number of benzene rings is 2. The number of fused-ring (bicyclic) bond motifs is 2. The van der Waals surface area contributed by atoms with Gasteiger partial charge in [0.1, 0.15) is 5.94 Å². The van der Waals surface area contributed by atoms with E-state index in [-0.39, 0.29) is 6.15 Å². The molecule has 1 aliphatic heterocycles. The van der Waals surface area contributed by atoms with Gasteiger partial charge in [-0.05, 0) is 12.1 Å². The van der Waals surface area contributed by atoms with E-state index in [0.717, 1.165) is 33.1 Å². The molecule has 0 amide bonds. The summed E-state index contributed by atoms with van der Waals surface area (Å²) in [5.74, 6) is 2.06. The van der Waals surface area contributed by atoms with Gasteiger partial charge in [0.15, 0.2) is 0 Å². The van der Waals surface area contributed by atoms with Crippen molar-refractivity contribution in [3.63, 3.8) is 0 Å². The number of rotatable bonds is 0. The standard InChI is InChI=1S/C17H10N2O.N/c20-10-14-12-6-2-4-8-16(12)19-17(14)13-9-18-15-7-3-1-5-11(13)15;/h1-9,19H;. The third-order valence-corrected chi connectivity index (χ3v) is 3.60. The Labute approximate surface area is 120 Å². The highest BCUT2D eigenvalue weighted by Crippen LogP contribution is 2.28. The van der Waals surface area contributed by atoms with Crippen molar-refractivity contribution in [2.45, 2.75) is 0 Å². The van der Waals surface area contributed by atoms with Crippen LogP contribution in [0.2, 0.25) is 0 Å². The van der Waals surface area contributed by atoms with E-state index in [4.69, 9.17) is 0 Å². The number of H-pyrrole nitrogens is 1. The maximum atomic E-state index is 11.4. The van der Waals surface area contributed by atoms with Gasteiger partial charge in [-0.2, -0.15) is 0 Å². The SMILES string of the molecule is O=C=c1c(=C2C=Nc3ccccc32)[nH]c2ccccc12.[N]. The minimum atomic E-state index is 0. The van der Waals surface area contributed by atoms with Crippen LogP contribution in [0.4, 0.5) is 5.69 Å². The van der Waals surface area contributed by atoms with E-state index in [1.165, 1.54) is 0 Å². The highest BCUT2D eigenvalue weighted by atomic mass is 16.1. The zero-order valence-electron chi connectivity index (χ0n) is 11.0. The van der Waals surface area contributed by atoms with Crippen LogP contribution in [-0.2, 0) is 4.79 Å². The summed E-state index contributed by atoms with van der Waals surface area (Å²) >= 11 is 0. The zero-order chi connectivity index (χ0) is 13.5. The number of aromatic nitrogens is 1. The molecule has 3 aromatic rings. The van der Waals surface area contributed by atoms with E-state index in [9.17, 15) is 4.79 Å². The Kier molecular flexibility index (Phi) is 3.03. The largest absolute Gasteiger partial charge is 0.353 e. The molecule has 4 rings (SSSR count). The molecule has 0 saturated heterocycles. The Morgan fingerprint density at radius 1 is 1.00 bits per heavy atom. The molecule has 0 saturated carbocycles.